The van der Waals surface area contributed by atoms with E-state index in [2.05, 4.69) is 19.2 Å². The van der Waals surface area contributed by atoms with Gasteiger partial charge in [0.05, 0.1) is 39.9 Å². The van der Waals surface area contributed by atoms with Crippen LogP contribution in [0, 0.1) is 0 Å². The Morgan fingerprint density at radius 1 is 0.589 bits per heavy atom. The van der Waals surface area contributed by atoms with Crippen LogP contribution in [0.15, 0.2) is 12.2 Å². The van der Waals surface area contributed by atoms with E-state index in [1.165, 1.54) is 180 Å². The number of amides is 1. The van der Waals surface area contributed by atoms with Crippen LogP contribution >= 0.6 is 7.82 Å². The smallest absolute Gasteiger partial charge is 0.387 e. The minimum absolute atomic E-state index is 0.0648. The molecule has 0 aromatic rings. The first-order chi connectivity index (χ1) is 27.0. The van der Waals surface area contributed by atoms with Crippen molar-refractivity contribution in [2.45, 2.75) is 244 Å². The molecule has 0 aliphatic rings. The molecule has 1 unspecified atom stereocenters. The number of unbranched alkanes of at least 4 members (excludes halogenated alkanes) is 31. The van der Waals surface area contributed by atoms with E-state index in [4.69, 9.17) is 9.05 Å². The number of hydrogen-bond donors (Lipinski definition) is 3. The maximum absolute atomic E-state index is 12.9. The van der Waals surface area contributed by atoms with Crippen LogP contribution in [0.4, 0.5) is 0 Å². The van der Waals surface area contributed by atoms with E-state index in [-0.39, 0.29) is 19.1 Å². The Kier molecular flexibility index (Phi) is 39.1. The lowest BCUT2D eigenvalue weighted by Gasteiger charge is -2.25. The third-order valence-electron chi connectivity index (χ3n) is 11.0. The van der Waals surface area contributed by atoms with E-state index in [1.807, 2.05) is 27.2 Å². The van der Waals surface area contributed by atoms with Gasteiger partial charge >= 0.3 is 7.82 Å². The molecular weight excluding hydrogens is 719 g/mol. The molecule has 0 aliphatic heterocycles. The van der Waals surface area contributed by atoms with Crippen LogP contribution in [-0.4, -0.2) is 73.4 Å². The van der Waals surface area contributed by atoms with E-state index in [0.29, 0.717) is 17.4 Å². The molecule has 0 heterocycles. The van der Waals surface area contributed by atoms with Crippen LogP contribution in [0.2, 0.25) is 0 Å². The first-order valence-corrected chi connectivity index (χ1v) is 25.6. The summed E-state index contributed by atoms with van der Waals surface area (Å²) in [6.07, 6.45) is 45.6. The van der Waals surface area contributed by atoms with Crippen molar-refractivity contribution in [3.05, 3.63) is 12.2 Å². The molecular formula is C47H96N2O6P+. The number of quaternary nitrogens is 1. The van der Waals surface area contributed by atoms with Gasteiger partial charge < -0.3 is 19.8 Å². The molecule has 3 N–H and O–H groups in total. The number of phosphoric acid groups is 1. The lowest BCUT2D eigenvalue weighted by molar-refractivity contribution is -0.870. The number of aliphatic hydroxyl groups is 1. The summed E-state index contributed by atoms with van der Waals surface area (Å²) in [6, 6.07) is -0.840. The molecule has 0 bridgehead atoms. The Balaban J connectivity index is 4.32. The number of carbonyl (C=O) groups excluding carboxylic acids is 1. The number of carbonyl (C=O) groups is 1. The van der Waals surface area contributed by atoms with Gasteiger partial charge in [-0.15, -0.1) is 0 Å². The Morgan fingerprint density at radius 3 is 1.32 bits per heavy atom. The Morgan fingerprint density at radius 2 is 0.946 bits per heavy atom. The highest BCUT2D eigenvalue weighted by Gasteiger charge is 2.27. The second-order valence-corrected chi connectivity index (χ2v) is 19.3. The first-order valence-electron chi connectivity index (χ1n) is 24.1. The van der Waals surface area contributed by atoms with Crippen LogP contribution in [0.25, 0.3) is 0 Å². The third-order valence-corrected chi connectivity index (χ3v) is 12.0. The monoisotopic (exact) mass is 816 g/mol. The highest BCUT2D eigenvalue weighted by Crippen LogP contribution is 2.43. The summed E-state index contributed by atoms with van der Waals surface area (Å²) in [5, 5.41) is 13.9. The summed E-state index contributed by atoms with van der Waals surface area (Å²) in [7, 11) is 1.58. The van der Waals surface area contributed by atoms with Crippen LogP contribution in [0.5, 0.6) is 0 Å². The highest BCUT2D eigenvalue weighted by atomic mass is 31.2. The molecule has 0 spiro atoms. The average molecular weight is 816 g/mol. The third kappa shape index (κ3) is 41.4. The second kappa shape index (κ2) is 39.7. The number of allylic oxidation sites excluding steroid dienone is 1. The molecule has 0 aromatic heterocycles. The standard InChI is InChI=1S/C47H95N2O6P/c1-6-8-10-12-14-16-18-20-22-23-24-25-27-29-31-33-35-37-39-41-47(51)48-45(44-55-56(52,53)54-43-42-49(3,4)5)46(50)40-38-36-34-32-30-28-26-21-19-17-15-13-11-9-7-2/h38,40,45-46,50H,6-37,39,41-44H2,1-5H3,(H-,48,51,52,53)/p+1/b40-38+/t45-,46+/m0/s1. The minimum atomic E-state index is -4.33. The number of nitrogens with one attached hydrogen (secondary N) is 1. The Labute approximate surface area is 348 Å². The number of aliphatic hydroxyl groups excluding tert-OH is 1. The molecule has 3 atom stereocenters. The highest BCUT2D eigenvalue weighted by molar-refractivity contribution is 7.47. The molecule has 0 rings (SSSR count). The Bertz CT molecular complexity index is 927. The fraction of sp³-hybridized carbons (Fsp3) is 0.936. The van der Waals surface area contributed by atoms with Gasteiger partial charge in [-0.05, 0) is 19.3 Å². The van der Waals surface area contributed by atoms with Crippen LogP contribution in [0.3, 0.4) is 0 Å². The maximum atomic E-state index is 12.9. The van der Waals surface area contributed by atoms with Crippen molar-refractivity contribution >= 4 is 13.7 Å². The fourth-order valence-electron chi connectivity index (χ4n) is 7.16. The predicted molar refractivity (Wildman–Crippen MR) is 240 cm³/mol. The van der Waals surface area contributed by atoms with Gasteiger partial charge in [-0.2, -0.15) is 0 Å². The maximum Gasteiger partial charge on any atom is 0.472 e. The molecule has 0 aliphatic carbocycles. The molecule has 1 amide bonds. The summed E-state index contributed by atoms with van der Waals surface area (Å²) >= 11 is 0. The summed E-state index contributed by atoms with van der Waals surface area (Å²) in [6.45, 7) is 4.84. The van der Waals surface area contributed by atoms with Gasteiger partial charge in [0.15, 0.2) is 0 Å². The van der Waals surface area contributed by atoms with Crippen molar-refractivity contribution in [3.8, 4) is 0 Å². The number of hydrogen-bond acceptors (Lipinski definition) is 5. The predicted octanol–water partition coefficient (Wildman–Crippen LogP) is 13.5. The number of rotatable bonds is 44. The Hall–Kier alpha value is -0.760. The minimum Gasteiger partial charge on any atom is -0.387 e. The van der Waals surface area contributed by atoms with Crippen molar-refractivity contribution in [2.24, 2.45) is 0 Å². The van der Waals surface area contributed by atoms with Crippen LogP contribution in [0.1, 0.15) is 232 Å². The molecule has 56 heavy (non-hydrogen) atoms. The van der Waals surface area contributed by atoms with E-state index in [9.17, 15) is 19.4 Å². The number of likely N-dealkylation sites (N-methyl/N-ethyl adjacent to an activating group) is 1. The molecule has 9 heteroatoms. The lowest BCUT2D eigenvalue weighted by Crippen LogP contribution is -2.45. The SMILES string of the molecule is CCCCCCCCCCCCCCC/C=C/[C@@H](O)[C@H](COP(=O)(O)OCC[N+](C)(C)C)NC(=O)CCCCCCCCCCCCCCCCCCCCC. The number of phosphoric ester groups is 1. The van der Waals surface area contributed by atoms with Crippen molar-refractivity contribution in [1.29, 1.82) is 0 Å². The fourth-order valence-corrected chi connectivity index (χ4v) is 7.90. The number of nitrogens with zero attached hydrogens (tertiary/aromatic N) is 1. The molecule has 0 saturated heterocycles. The normalized spacial score (nSPS) is 14.3. The summed E-state index contributed by atoms with van der Waals surface area (Å²) in [5.41, 5.74) is 0. The van der Waals surface area contributed by atoms with E-state index >= 15 is 0 Å². The molecule has 0 saturated carbocycles. The zero-order valence-corrected chi connectivity index (χ0v) is 38.8. The van der Waals surface area contributed by atoms with E-state index < -0.39 is 20.0 Å². The van der Waals surface area contributed by atoms with Gasteiger partial charge in [0, 0.05) is 6.42 Å². The zero-order chi connectivity index (χ0) is 41.4. The zero-order valence-electron chi connectivity index (χ0n) is 37.9. The van der Waals surface area contributed by atoms with Crippen molar-refractivity contribution < 1.29 is 32.9 Å². The first kappa shape index (κ1) is 55.2. The van der Waals surface area contributed by atoms with Gasteiger partial charge in [0.1, 0.15) is 13.2 Å². The van der Waals surface area contributed by atoms with Gasteiger partial charge in [0.2, 0.25) is 5.91 Å². The summed E-state index contributed by atoms with van der Waals surface area (Å²) < 4.78 is 23.6. The van der Waals surface area contributed by atoms with Gasteiger partial charge in [0.25, 0.3) is 0 Å². The average Bonchev–Trinajstić information content (AvgIpc) is 3.15. The molecule has 0 fully saturated rings. The molecule has 334 valence electrons. The topological polar surface area (TPSA) is 105 Å². The van der Waals surface area contributed by atoms with Gasteiger partial charge in [-0.3, -0.25) is 13.8 Å². The van der Waals surface area contributed by atoms with Crippen LogP contribution < -0.4 is 5.32 Å². The molecule has 8 nitrogen and oxygen atoms in total. The van der Waals surface area contributed by atoms with Gasteiger partial charge in [-0.25, -0.2) is 4.57 Å². The van der Waals surface area contributed by atoms with Crippen molar-refractivity contribution in [2.75, 3.05) is 40.9 Å². The summed E-state index contributed by atoms with van der Waals surface area (Å²) in [4.78, 5) is 23.2. The van der Waals surface area contributed by atoms with Crippen molar-refractivity contribution in [1.82, 2.24) is 5.32 Å². The van der Waals surface area contributed by atoms with Gasteiger partial charge in [-0.1, -0.05) is 219 Å². The molecule has 0 radical (unpaired) electrons. The van der Waals surface area contributed by atoms with E-state index in [1.54, 1.807) is 6.08 Å². The lowest BCUT2D eigenvalue weighted by atomic mass is 10.0. The quantitative estimate of drug-likeness (QED) is 0.0245. The second-order valence-electron chi connectivity index (χ2n) is 17.8. The summed E-state index contributed by atoms with van der Waals surface area (Å²) in [5.74, 6) is -0.173. The van der Waals surface area contributed by atoms with Crippen molar-refractivity contribution in [3.63, 3.8) is 0 Å². The molecule has 0 aromatic carbocycles. The van der Waals surface area contributed by atoms with E-state index in [0.717, 1.165) is 32.1 Å². The largest absolute Gasteiger partial charge is 0.472 e. The van der Waals surface area contributed by atoms with Crippen LogP contribution in [-0.2, 0) is 18.4 Å².